The summed E-state index contributed by atoms with van der Waals surface area (Å²) in [6.45, 7) is 3.07. The highest BCUT2D eigenvalue weighted by atomic mass is 79.9. The molecule has 0 bridgehead atoms. The maximum Gasteiger partial charge on any atom is 0.0675 e. The van der Waals surface area contributed by atoms with Crippen molar-refractivity contribution < 1.29 is 0 Å². The molecule has 0 aliphatic carbocycles. The van der Waals surface area contributed by atoms with Gasteiger partial charge < -0.3 is 5.32 Å². The summed E-state index contributed by atoms with van der Waals surface area (Å²) in [5, 5.41) is 7.54. The predicted molar refractivity (Wildman–Crippen MR) is 73.6 cm³/mol. The highest BCUT2D eigenvalue weighted by Crippen LogP contribution is 2.19. The molecule has 1 heterocycles. The fourth-order valence-electron chi connectivity index (χ4n) is 1.77. The molecule has 0 aliphatic heterocycles. The molecule has 0 saturated heterocycles. The second-order valence-electron chi connectivity index (χ2n) is 4.08. The molecule has 0 fully saturated rings. The molecule has 1 aromatic carbocycles. The Labute approximate surface area is 110 Å². The Hall–Kier alpha value is -1.13. The summed E-state index contributed by atoms with van der Waals surface area (Å²) in [5.74, 6) is 0. The van der Waals surface area contributed by atoms with Crippen molar-refractivity contribution >= 4 is 15.9 Å². The van der Waals surface area contributed by atoms with E-state index < -0.39 is 0 Å². The molecule has 2 aromatic rings. The third kappa shape index (κ3) is 2.96. The zero-order valence-corrected chi connectivity index (χ0v) is 11.7. The van der Waals surface area contributed by atoms with Gasteiger partial charge in [-0.05, 0) is 56.3 Å². The first-order chi connectivity index (χ1) is 8.20. The molecule has 4 heteroatoms. The number of nitrogens with one attached hydrogen (secondary N) is 1. The van der Waals surface area contributed by atoms with E-state index in [9.17, 15) is 0 Å². The SMILES string of the molecule is CNCCc1cnn(-c2ccc(Br)cc2C)c1. The largest absolute Gasteiger partial charge is 0.319 e. The summed E-state index contributed by atoms with van der Waals surface area (Å²) in [4.78, 5) is 0. The second-order valence-corrected chi connectivity index (χ2v) is 4.99. The van der Waals surface area contributed by atoms with Crippen LogP contribution in [-0.4, -0.2) is 23.4 Å². The Morgan fingerprint density at radius 1 is 1.41 bits per heavy atom. The highest BCUT2D eigenvalue weighted by molar-refractivity contribution is 9.10. The Morgan fingerprint density at radius 3 is 2.94 bits per heavy atom. The first-order valence-corrected chi connectivity index (χ1v) is 6.44. The van der Waals surface area contributed by atoms with Crippen LogP contribution >= 0.6 is 15.9 Å². The van der Waals surface area contributed by atoms with Gasteiger partial charge in [0.2, 0.25) is 0 Å². The monoisotopic (exact) mass is 293 g/mol. The minimum Gasteiger partial charge on any atom is -0.319 e. The van der Waals surface area contributed by atoms with E-state index in [1.54, 1.807) is 0 Å². The molecule has 0 radical (unpaired) electrons. The number of aromatic nitrogens is 2. The number of halogens is 1. The van der Waals surface area contributed by atoms with Gasteiger partial charge in [0.05, 0.1) is 11.9 Å². The molecule has 17 heavy (non-hydrogen) atoms. The lowest BCUT2D eigenvalue weighted by Crippen LogP contribution is -2.09. The van der Waals surface area contributed by atoms with Gasteiger partial charge in [-0.2, -0.15) is 5.10 Å². The minimum atomic E-state index is 0.977. The average molecular weight is 294 g/mol. The van der Waals surface area contributed by atoms with Gasteiger partial charge in [0.15, 0.2) is 0 Å². The third-order valence-corrected chi connectivity index (χ3v) is 3.20. The first-order valence-electron chi connectivity index (χ1n) is 5.65. The zero-order valence-electron chi connectivity index (χ0n) is 10.1. The average Bonchev–Trinajstić information content (AvgIpc) is 2.75. The summed E-state index contributed by atoms with van der Waals surface area (Å²) >= 11 is 3.47. The molecule has 1 aromatic heterocycles. The van der Waals surface area contributed by atoms with E-state index in [1.165, 1.54) is 11.1 Å². The summed E-state index contributed by atoms with van der Waals surface area (Å²) < 4.78 is 3.04. The van der Waals surface area contributed by atoms with E-state index in [-0.39, 0.29) is 0 Å². The molecule has 0 saturated carbocycles. The van der Waals surface area contributed by atoms with Crippen molar-refractivity contribution in [2.24, 2.45) is 0 Å². The molecule has 0 atom stereocenters. The van der Waals surface area contributed by atoms with Gasteiger partial charge in [0.25, 0.3) is 0 Å². The Balaban J connectivity index is 2.24. The summed E-state index contributed by atoms with van der Waals surface area (Å²) in [7, 11) is 1.96. The molecule has 0 aliphatic rings. The van der Waals surface area contributed by atoms with Gasteiger partial charge in [-0.25, -0.2) is 4.68 Å². The molecule has 0 spiro atoms. The Bertz CT molecular complexity index is 505. The highest BCUT2D eigenvalue weighted by Gasteiger charge is 2.04. The first kappa shape index (κ1) is 12.3. The van der Waals surface area contributed by atoms with Crippen LogP contribution in [0.1, 0.15) is 11.1 Å². The van der Waals surface area contributed by atoms with Crippen LogP contribution in [0.5, 0.6) is 0 Å². The van der Waals surface area contributed by atoms with E-state index in [0.717, 1.165) is 23.1 Å². The van der Waals surface area contributed by atoms with Crippen molar-refractivity contribution in [3.63, 3.8) is 0 Å². The van der Waals surface area contributed by atoms with E-state index in [0.29, 0.717) is 0 Å². The van der Waals surface area contributed by atoms with Crippen LogP contribution in [-0.2, 0) is 6.42 Å². The quantitative estimate of drug-likeness (QED) is 0.939. The van der Waals surface area contributed by atoms with Crippen molar-refractivity contribution in [3.8, 4) is 5.69 Å². The van der Waals surface area contributed by atoms with Gasteiger partial charge in [-0.15, -0.1) is 0 Å². The van der Waals surface area contributed by atoms with Crippen LogP contribution in [0.4, 0.5) is 0 Å². The third-order valence-electron chi connectivity index (χ3n) is 2.71. The van der Waals surface area contributed by atoms with Gasteiger partial charge >= 0.3 is 0 Å². The lowest BCUT2D eigenvalue weighted by atomic mass is 10.2. The summed E-state index contributed by atoms with van der Waals surface area (Å²) in [5.41, 5.74) is 3.59. The summed E-state index contributed by atoms with van der Waals surface area (Å²) in [6, 6.07) is 6.22. The lowest BCUT2D eigenvalue weighted by Gasteiger charge is -2.05. The minimum absolute atomic E-state index is 0.977. The normalized spacial score (nSPS) is 10.8. The lowest BCUT2D eigenvalue weighted by molar-refractivity contribution is 0.791. The number of benzene rings is 1. The van der Waals surface area contributed by atoms with Crippen LogP contribution in [0.2, 0.25) is 0 Å². The maximum absolute atomic E-state index is 4.40. The predicted octanol–water partition coefficient (Wildman–Crippen LogP) is 2.71. The van der Waals surface area contributed by atoms with Crippen LogP contribution < -0.4 is 5.32 Å². The van der Waals surface area contributed by atoms with E-state index in [4.69, 9.17) is 0 Å². The number of aryl methyl sites for hydroxylation is 1. The van der Waals surface area contributed by atoms with Crippen LogP contribution in [0.3, 0.4) is 0 Å². The maximum atomic E-state index is 4.40. The van der Waals surface area contributed by atoms with Crippen molar-refractivity contribution in [2.75, 3.05) is 13.6 Å². The van der Waals surface area contributed by atoms with Gasteiger partial charge in [0, 0.05) is 10.7 Å². The van der Waals surface area contributed by atoms with Crippen molar-refractivity contribution in [2.45, 2.75) is 13.3 Å². The van der Waals surface area contributed by atoms with Crippen LogP contribution in [0.15, 0.2) is 35.1 Å². The second kappa shape index (κ2) is 5.47. The van der Waals surface area contributed by atoms with Gasteiger partial charge in [0.1, 0.15) is 0 Å². The van der Waals surface area contributed by atoms with Crippen molar-refractivity contribution in [3.05, 3.63) is 46.2 Å². The van der Waals surface area contributed by atoms with E-state index in [2.05, 4.69) is 51.6 Å². The van der Waals surface area contributed by atoms with Crippen molar-refractivity contribution in [1.29, 1.82) is 0 Å². The molecule has 0 unspecified atom stereocenters. The Kier molecular flexibility index (Phi) is 3.97. The number of hydrogen-bond acceptors (Lipinski definition) is 2. The topological polar surface area (TPSA) is 29.9 Å². The fourth-order valence-corrected chi connectivity index (χ4v) is 2.24. The number of rotatable bonds is 4. The van der Waals surface area contributed by atoms with Crippen LogP contribution in [0, 0.1) is 6.92 Å². The molecule has 2 rings (SSSR count). The molecular formula is C13H16BrN3. The molecule has 90 valence electrons. The molecular weight excluding hydrogens is 278 g/mol. The standard InChI is InChI=1S/C13H16BrN3/c1-10-7-12(14)3-4-13(10)17-9-11(8-16-17)5-6-15-2/h3-4,7-9,15H,5-6H2,1-2H3. The fraction of sp³-hybridized carbons (Fsp3) is 0.308. The van der Waals surface area contributed by atoms with E-state index >= 15 is 0 Å². The molecule has 0 amide bonds. The number of nitrogens with zero attached hydrogens (tertiary/aromatic N) is 2. The zero-order chi connectivity index (χ0) is 12.3. The summed E-state index contributed by atoms with van der Waals surface area (Å²) in [6.07, 6.45) is 5.03. The number of hydrogen-bond donors (Lipinski definition) is 1. The molecule has 1 N–H and O–H groups in total. The van der Waals surface area contributed by atoms with Crippen molar-refractivity contribution in [1.82, 2.24) is 15.1 Å². The van der Waals surface area contributed by atoms with Gasteiger partial charge in [-0.3, -0.25) is 0 Å². The number of likely N-dealkylation sites (N-methyl/N-ethyl adjacent to an activating group) is 1. The Morgan fingerprint density at radius 2 is 2.24 bits per heavy atom. The molecule has 3 nitrogen and oxygen atoms in total. The smallest absolute Gasteiger partial charge is 0.0675 e. The van der Waals surface area contributed by atoms with Crippen LogP contribution in [0.25, 0.3) is 5.69 Å². The van der Waals surface area contributed by atoms with E-state index in [1.807, 2.05) is 24.0 Å². The van der Waals surface area contributed by atoms with Gasteiger partial charge in [-0.1, -0.05) is 15.9 Å².